The Kier molecular flexibility index (Phi) is 6.21. The highest BCUT2D eigenvalue weighted by molar-refractivity contribution is 7.92. The maximum atomic E-state index is 13.2. The van der Waals surface area contributed by atoms with Crippen molar-refractivity contribution in [3.05, 3.63) is 71.8 Å². The average molecular weight is 372 g/mol. The Balaban J connectivity index is 2.52. The maximum absolute atomic E-state index is 13.2. The Morgan fingerprint density at radius 2 is 1.69 bits per heavy atom. The van der Waals surface area contributed by atoms with E-state index >= 15 is 0 Å². The molecule has 2 aromatic carbocycles. The van der Waals surface area contributed by atoms with Gasteiger partial charge in [-0.3, -0.25) is 9.10 Å². The predicted molar refractivity (Wildman–Crippen MR) is 105 cm³/mol. The highest BCUT2D eigenvalue weighted by atomic mass is 32.2. The van der Waals surface area contributed by atoms with E-state index in [4.69, 9.17) is 0 Å². The van der Waals surface area contributed by atoms with Gasteiger partial charge in [0.05, 0.1) is 10.6 Å². The molecule has 138 valence electrons. The number of nitrogens with zero attached hydrogens (tertiary/aromatic N) is 1. The third-order valence-corrected chi connectivity index (χ3v) is 5.75. The van der Waals surface area contributed by atoms with Gasteiger partial charge in [0.2, 0.25) is 5.91 Å². The molecule has 0 fully saturated rings. The molecule has 26 heavy (non-hydrogen) atoms. The molecular formula is C20H24N2O3S. The van der Waals surface area contributed by atoms with Crippen LogP contribution in [0, 0.1) is 20.8 Å². The molecule has 2 aromatic rings. The summed E-state index contributed by atoms with van der Waals surface area (Å²) in [6.07, 6.45) is 1.55. The highest BCUT2D eigenvalue weighted by Gasteiger charge is 2.28. The second-order valence-electron chi connectivity index (χ2n) is 6.21. The maximum Gasteiger partial charge on any atom is 0.264 e. The Labute approximate surface area is 155 Å². The topological polar surface area (TPSA) is 66.5 Å². The van der Waals surface area contributed by atoms with E-state index in [0.717, 1.165) is 16.7 Å². The second kappa shape index (κ2) is 8.19. The predicted octanol–water partition coefficient (Wildman–Crippen LogP) is 3.11. The van der Waals surface area contributed by atoms with E-state index < -0.39 is 10.0 Å². The lowest BCUT2D eigenvalue weighted by Crippen LogP contribution is -2.41. The molecule has 6 heteroatoms. The van der Waals surface area contributed by atoms with E-state index in [1.54, 1.807) is 36.4 Å². The Morgan fingerprint density at radius 3 is 2.31 bits per heavy atom. The van der Waals surface area contributed by atoms with Gasteiger partial charge in [-0.25, -0.2) is 8.42 Å². The number of carbonyl (C=O) groups excluding carboxylic acids is 1. The first kappa shape index (κ1) is 19.7. The molecule has 0 aliphatic carbocycles. The summed E-state index contributed by atoms with van der Waals surface area (Å²) in [6, 6.07) is 12.1. The zero-order valence-electron chi connectivity index (χ0n) is 15.3. The first-order valence-electron chi connectivity index (χ1n) is 8.30. The summed E-state index contributed by atoms with van der Waals surface area (Å²) in [4.78, 5) is 12.4. The van der Waals surface area contributed by atoms with Crippen LogP contribution in [-0.4, -0.2) is 27.4 Å². The molecule has 0 unspecified atom stereocenters. The van der Waals surface area contributed by atoms with Gasteiger partial charge in [0, 0.05) is 6.54 Å². The van der Waals surface area contributed by atoms with Crippen molar-refractivity contribution in [2.45, 2.75) is 25.7 Å². The zero-order valence-corrected chi connectivity index (χ0v) is 16.1. The van der Waals surface area contributed by atoms with Crippen LogP contribution in [0.2, 0.25) is 0 Å². The molecule has 2 rings (SSSR count). The summed E-state index contributed by atoms with van der Waals surface area (Å²) in [5.41, 5.74) is 3.16. The van der Waals surface area contributed by atoms with Gasteiger partial charge in [-0.05, 0) is 50.1 Å². The summed E-state index contributed by atoms with van der Waals surface area (Å²) in [7, 11) is -3.88. The summed E-state index contributed by atoms with van der Waals surface area (Å²) >= 11 is 0. The number of anilines is 1. The standard InChI is InChI=1S/C20H24N2O3S/c1-5-12-21-20(23)14-22(19-13-16(3)6-9-17(19)4)26(24,25)18-10-7-15(2)8-11-18/h5-11,13H,1,12,14H2,2-4H3,(H,21,23). The summed E-state index contributed by atoms with van der Waals surface area (Å²) in [5.74, 6) is -0.388. The highest BCUT2D eigenvalue weighted by Crippen LogP contribution is 2.27. The number of hydrogen-bond donors (Lipinski definition) is 1. The van der Waals surface area contributed by atoms with E-state index in [2.05, 4.69) is 11.9 Å². The molecule has 0 atom stereocenters. The molecule has 0 saturated carbocycles. The van der Waals surface area contributed by atoms with Crippen LogP contribution in [0.4, 0.5) is 5.69 Å². The largest absolute Gasteiger partial charge is 0.351 e. The van der Waals surface area contributed by atoms with E-state index in [-0.39, 0.29) is 23.9 Å². The lowest BCUT2D eigenvalue weighted by Gasteiger charge is -2.26. The normalized spacial score (nSPS) is 11.0. The molecule has 0 radical (unpaired) electrons. The number of aryl methyl sites for hydroxylation is 3. The first-order valence-corrected chi connectivity index (χ1v) is 9.74. The lowest BCUT2D eigenvalue weighted by atomic mass is 10.1. The fraction of sp³-hybridized carbons (Fsp3) is 0.250. The molecule has 0 aromatic heterocycles. The molecule has 1 N–H and O–H groups in total. The van der Waals surface area contributed by atoms with Gasteiger partial charge in [0.1, 0.15) is 6.54 Å². The van der Waals surface area contributed by atoms with E-state index in [1.807, 2.05) is 32.9 Å². The second-order valence-corrected chi connectivity index (χ2v) is 8.07. The van der Waals surface area contributed by atoms with Crippen LogP contribution >= 0.6 is 0 Å². The van der Waals surface area contributed by atoms with Crippen LogP contribution in [-0.2, 0) is 14.8 Å². The van der Waals surface area contributed by atoms with Gasteiger partial charge in [0.25, 0.3) is 10.0 Å². The van der Waals surface area contributed by atoms with Gasteiger partial charge in [-0.1, -0.05) is 35.9 Å². The Hall–Kier alpha value is -2.60. The van der Waals surface area contributed by atoms with Crippen molar-refractivity contribution in [3.63, 3.8) is 0 Å². The average Bonchev–Trinajstić information content (AvgIpc) is 2.60. The zero-order chi connectivity index (χ0) is 19.3. The lowest BCUT2D eigenvalue weighted by molar-refractivity contribution is -0.119. The van der Waals surface area contributed by atoms with Crippen LogP contribution in [0.5, 0.6) is 0 Å². The van der Waals surface area contributed by atoms with Crippen LogP contribution in [0.1, 0.15) is 16.7 Å². The smallest absolute Gasteiger partial charge is 0.264 e. The van der Waals surface area contributed by atoms with Gasteiger partial charge >= 0.3 is 0 Å². The molecule has 5 nitrogen and oxygen atoms in total. The fourth-order valence-corrected chi connectivity index (χ4v) is 3.97. The van der Waals surface area contributed by atoms with Crippen molar-refractivity contribution < 1.29 is 13.2 Å². The number of hydrogen-bond acceptors (Lipinski definition) is 3. The Morgan fingerprint density at radius 1 is 1.08 bits per heavy atom. The van der Waals surface area contributed by atoms with Crippen LogP contribution in [0.3, 0.4) is 0 Å². The monoisotopic (exact) mass is 372 g/mol. The van der Waals surface area contributed by atoms with Crippen molar-refractivity contribution >= 4 is 21.6 Å². The van der Waals surface area contributed by atoms with Gasteiger partial charge < -0.3 is 5.32 Å². The number of carbonyl (C=O) groups is 1. The molecule has 0 spiro atoms. The first-order chi connectivity index (χ1) is 12.3. The van der Waals surface area contributed by atoms with Crippen molar-refractivity contribution in [2.24, 2.45) is 0 Å². The minimum Gasteiger partial charge on any atom is -0.351 e. The van der Waals surface area contributed by atoms with Crippen LogP contribution in [0.25, 0.3) is 0 Å². The summed E-state index contributed by atoms with van der Waals surface area (Å²) in [5, 5.41) is 2.64. The molecule has 0 aliphatic rings. The number of benzene rings is 2. The number of rotatable bonds is 7. The minimum atomic E-state index is -3.88. The number of amides is 1. The van der Waals surface area contributed by atoms with Gasteiger partial charge in [-0.2, -0.15) is 0 Å². The van der Waals surface area contributed by atoms with Crippen molar-refractivity contribution in [3.8, 4) is 0 Å². The molecule has 0 saturated heterocycles. The Bertz CT molecular complexity index is 903. The molecule has 0 aliphatic heterocycles. The summed E-state index contributed by atoms with van der Waals surface area (Å²) < 4.78 is 27.7. The SMILES string of the molecule is C=CCNC(=O)CN(c1cc(C)ccc1C)S(=O)(=O)c1ccc(C)cc1. The van der Waals surface area contributed by atoms with Crippen LogP contribution < -0.4 is 9.62 Å². The molecule has 1 amide bonds. The van der Waals surface area contributed by atoms with Crippen molar-refractivity contribution in [1.29, 1.82) is 0 Å². The van der Waals surface area contributed by atoms with Gasteiger partial charge in [-0.15, -0.1) is 6.58 Å². The third-order valence-electron chi connectivity index (χ3n) is 3.97. The van der Waals surface area contributed by atoms with E-state index in [9.17, 15) is 13.2 Å². The van der Waals surface area contributed by atoms with E-state index in [1.165, 1.54) is 4.31 Å². The van der Waals surface area contributed by atoms with E-state index in [0.29, 0.717) is 5.69 Å². The third kappa shape index (κ3) is 4.52. The molecule has 0 bridgehead atoms. The van der Waals surface area contributed by atoms with Crippen molar-refractivity contribution in [1.82, 2.24) is 5.32 Å². The number of sulfonamides is 1. The number of nitrogens with one attached hydrogen (secondary N) is 1. The molecular weight excluding hydrogens is 348 g/mol. The quantitative estimate of drug-likeness (QED) is 0.760. The molecule has 0 heterocycles. The fourth-order valence-electron chi connectivity index (χ4n) is 2.50. The van der Waals surface area contributed by atoms with Crippen LogP contribution in [0.15, 0.2) is 60.0 Å². The minimum absolute atomic E-state index is 0.153. The summed E-state index contributed by atoms with van der Waals surface area (Å²) in [6.45, 7) is 9.14. The van der Waals surface area contributed by atoms with Gasteiger partial charge in [0.15, 0.2) is 0 Å². The van der Waals surface area contributed by atoms with Crippen molar-refractivity contribution in [2.75, 3.05) is 17.4 Å².